The minimum atomic E-state index is 0.390. The Labute approximate surface area is 129 Å². The molecule has 0 aliphatic carbocycles. The lowest BCUT2D eigenvalue weighted by atomic mass is 10.1. The van der Waals surface area contributed by atoms with E-state index >= 15 is 0 Å². The first kappa shape index (κ1) is 14.6. The van der Waals surface area contributed by atoms with Crippen molar-refractivity contribution in [2.75, 3.05) is 20.6 Å². The Morgan fingerprint density at radius 2 is 2.19 bits per heavy atom. The molecule has 1 aliphatic rings. The maximum atomic E-state index is 4.82. The van der Waals surface area contributed by atoms with E-state index in [9.17, 15) is 0 Å². The third kappa shape index (κ3) is 3.64. The van der Waals surface area contributed by atoms with Gasteiger partial charge in [-0.15, -0.1) is 11.3 Å². The normalized spacial score (nSPS) is 19.5. The maximum Gasteiger partial charge on any atom is 0.0794 e. The zero-order chi connectivity index (χ0) is 14.7. The van der Waals surface area contributed by atoms with Crippen molar-refractivity contribution in [3.05, 3.63) is 40.4 Å². The van der Waals surface area contributed by atoms with Gasteiger partial charge in [0.2, 0.25) is 0 Å². The van der Waals surface area contributed by atoms with E-state index in [2.05, 4.69) is 33.9 Å². The van der Waals surface area contributed by atoms with Gasteiger partial charge in [-0.2, -0.15) is 0 Å². The summed E-state index contributed by atoms with van der Waals surface area (Å²) in [7, 11) is 4.11. The summed E-state index contributed by atoms with van der Waals surface area (Å²) in [5, 5.41) is 0. The molecule has 1 aliphatic heterocycles. The Kier molecular flexibility index (Phi) is 4.57. The number of hydrogen-bond donors (Lipinski definition) is 0. The van der Waals surface area contributed by atoms with Gasteiger partial charge in [-0.1, -0.05) is 0 Å². The van der Waals surface area contributed by atoms with Crippen molar-refractivity contribution < 1.29 is 0 Å². The standard InChI is InChI=1S/C15H21N5S/c1-19(2)9-12-6-16-8-14(18-12)15-4-3-5-20(15)10-13-7-17-11-21-13/h6-8,11,15H,3-5,9-10H2,1-2H3. The number of rotatable bonds is 5. The monoisotopic (exact) mass is 303 g/mol. The molecule has 0 N–H and O–H groups in total. The van der Waals surface area contributed by atoms with E-state index < -0.39 is 0 Å². The van der Waals surface area contributed by atoms with E-state index in [1.54, 1.807) is 11.3 Å². The molecule has 0 aromatic carbocycles. The molecule has 0 spiro atoms. The van der Waals surface area contributed by atoms with Gasteiger partial charge < -0.3 is 4.90 Å². The van der Waals surface area contributed by atoms with Gasteiger partial charge in [0, 0.05) is 36.6 Å². The van der Waals surface area contributed by atoms with Crippen molar-refractivity contribution in [2.45, 2.75) is 32.0 Å². The average Bonchev–Trinajstić information content (AvgIpc) is 3.10. The van der Waals surface area contributed by atoms with Crippen LogP contribution in [-0.4, -0.2) is 45.4 Å². The molecule has 0 amide bonds. The average molecular weight is 303 g/mol. The second-order valence-corrected chi connectivity index (χ2v) is 6.74. The first-order valence-corrected chi connectivity index (χ1v) is 8.17. The topological polar surface area (TPSA) is 45.2 Å². The molecule has 3 rings (SSSR count). The fourth-order valence-electron chi connectivity index (χ4n) is 2.85. The molecule has 0 bridgehead atoms. The lowest BCUT2D eigenvalue weighted by Gasteiger charge is -2.23. The minimum absolute atomic E-state index is 0.390. The summed E-state index contributed by atoms with van der Waals surface area (Å²) in [4.78, 5) is 19.3. The van der Waals surface area contributed by atoms with Gasteiger partial charge in [0.25, 0.3) is 0 Å². The molecule has 1 atom stereocenters. The van der Waals surface area contributed by atoms with E-state index in [4.69, 9.17) is 4.98 Å². The van der Waals surface area contributed by atoms with Crippen molar-refractivity contribution in [2.24, 2.45) is 0 Å². The highest BCUT2D eigenvalue weighted by atomic mass is 32.1. The molecular formula is C15H21N5S. The van der Waals surface area contributed by atoms with E-state index in [1.807, 2.05) is 24.1 Å². The molecule has 1 saturated heterocycles. The van der Waals surface area contributed by atoms with E-state index in [0.717, 1.165) is 31.0 Å². The van der Waals surface area contributed by atoms with Gasteiger partial charge in [-0.25, -0.2) is 0 Å². The zero-order valence-electron chi connectivity index (χ0n) is 12.6. The molecular weight excluding hydrogens is 282 g/mol. The highest BCUT2D eigenvalue weighted by Crippen LogP contribution is 2.32. The summed E-state index contributed by atoms with van der Waals surface area (Å²) >= 11 is 1.72. The van der Waals surface area contributed by atoms with Crippen LogP contribution >= 0.6 is 11.3 Å². The molecule has 3 heterocycles. The molecule has 0 radical (unpaired) electrons. The summed E-state index contributed by atoms with van der Waals surface area (Å²) in [6.45, 7) is 2.93. The van der Waals surface area contributed by atoms with Crippen LogP contribution in [0.15, 0.2) is 24.1 Å². The van der Waals surface area contributed by atoms with Crippen molar-refractivity contribution in [3.63, 3.8) is 0 Å². The predicted molar refractivity (Wildman–Crippen MR) is 83.9 cm³/mol. The fourth-order valence-corrected chi connectivity index (χ4v) is 3.47. The van der Waals surface area contributed by atoms with Crippen molar-refractivity contribution in [3.8, 4) is 0 Å². The quantitative estimate of drug-likeness (QED) is 0.848. The highest BCUT2D eigenvalue weighted by molar-refractivity contribution is 7.09. The van der Waals surface area contributed by atoms with Gasteiger partial charge in [0.15, 0.2) is 0 Å². The molecule has 112 valence electrons. The maximum absolute atomic E-state index is 4.82. The van der Waals surface area contributed by atoms with Crippen LogP contribution in [-0.2, 0) is 13.1 Å². The first-order chi connectivity index (χ1) is 10.2. The van der Waals surface area contributed by atoms with Crippen molar-refractivity contribution >= 4 is 11.3 Å². The molecule has 5 nitrogen and oxygen atoms in total. The SMILES string of the molecule is CN(C)Cc1cncc(C2CCCN2Cc2cncs2)n1. The smallest absolute Gasteiger partial charge is 0.0794 e. The molecule has 2 aromatic heterocycles. The van der Waals surface area contributed by atoms with Crippen LogP contribution in [0.4, 0.5) is 0 Å². The fraction of sp³-hybridized carbons (Fsp3) is 0.533. The van der Waals surface area contributed by atoms with Crippen molar-refractivity contribution in [1.82, 2.24) is 24.8 Å². The Balaban J connectivity index is 1.75. The van der Waals surface area contributed by atoms with Crippen LogP contribution in [0.3, 0.4) is 0 Å². The summed E-state index contributed by atoms with van der Waals surface area (Å²) in [6.07, 6.45) is 8.15. The van der Waals surface area contributed by atoms with E-state index in [1.165, 1.54) is 17.7 Å². The lowest BCUT2D eigenvalue weighted by Crippen LogP contribution is -2.24. The second kappa shape index (κ2) is 6.60. The number of aromatic nitrogens is 3. The van der Waals surface area contributed by atoms with Gasteiger partial charge >= 0.3 is 0 Å². The second-order valence-electron chi connectivity index (χ2n) is 5.77. The van der Waals surface area contributed by atoms with Crippen LogP contribution in [0.1, 0.15) is 35.1 Å². The summed E-state index contributed by atoms with van der Waals surface area (Å²) in [5.41, 5.74) is 4.05. The molecule has 0 saturated carbocycles. The number of nitrogens with zero attached hydrogens (tertiary/aromatic N) is 5. The van der Waals surface area contributed by atoms with E-state index in [-0.39, 0.29) is 0 Å². The van der Waals surface area contributed by atoms with Crippen LogP contribution in [0.2, 0.25) is 0 Å². The van der Waals surface area contributed by atoms with Gasteiger partial charge in [-0.05, 0) is 33.5 Å². The number of thiazole rings is 1. The third-order valence-corrected chi connectivity index (χ3v) is 4.49. The van der Waals surface area contributed by atoms with Gasteiger partial charge in [0.05, 0.1) is 22.9 Å². The molecule has 1 unspecified atom stereocenters. The van der Waals surface area contributed by atoms with Crippen LogP contribution in [0.5, 0.6) is 0 Å². The van der Waals surface area contributed by atoms with Crippen molar-refractivity contribution in [1.29, 1.82) is 0 Å². The van der Waals surface area contributed by atoms with Crippen LogP contribution in [0.25, 0.3) is 0 Å². The first-order valence-electron chi connectivity index (χ1n) is 7.29. The Hall–Kier alpha value is -1.37. The van der Waals surface area contributed by atoms with Gasteiger partial charge in [-0.3, -0.25) is 19.9 Å². The minimum Gasteiger partial charge on any atom is -0.304 e. The number of hydrogen-bond acceptors (Lipinski definition) is 6. The third-order valence-electron chi connectivity index (χ3n) is 3.73. The Bertz CT molecular complexity index is 569. The van der Waals surface area contributed by atoms with Crippen LogP contribution < -0.4 is 0 Å². The highest BCUT2D eigenvalue weighted by Gasteiger charge is 2.27. The van der Waals surface area contributed by atoms with Crippen LogP contribution in [0, 0.1) is 0 Å². The largest absolute Gasteiger partial charge is 0.304 e. The molecule has 1 fully saturated rings. The summed E-state index contributed by atoms with van der Waals surface area (Å²) in [6, 6.07) is 0.390. The Morgan fingerprint density at radius 3 is 2.95 bits per heavy atom. The summed E-state index contributed by atoms with van der Waals surface area (Å²) < 4.78 is 0. The molecule has 21 heavy (non-hydrogen) atoms. The predicted octanol–water partition coefficient (Wildman–Crippen LogP) is 2.33. The zero-order valence-corrected chi connectivity index (χ0v) is 13.4. The van der Waals surface area contributed by atoms with E-state index in [0.29, 0.717) is 6.04 Å². The molecule has 2 aromatic rings. The molecule has 6 heteroatoms. The summed E-state index contributed by atoms with van der Waals surface area (Å²) in [5.74, 6) is 0. The van der Waals surface area contributed by atoms with Gasteiger partial charge in [0.1, 0.15) is 0 Å². The Morgan fingerprint density at radius 1 is 1.29 bits per heavy atom. The number of likely N-dealkylation sites (tertiary alicyclic amines) is 1. The lowest BCUT2D eigenvalue weighted by molar-refractivity contribution is 0.245.